The molecule has 0 spiro atoms. The van der Waals surface area contributed by atoms with E-state index in [0.717, 1.165) is 28.0 Å². The molecule has 0 aliphatic rings. The zero-order valence-electron chi connectivity index (χ0n) is 14.2. The SMILES string of the molecule is Cc1ccc(OCCSCC(=O)Nc2cccc3ccccc23)cc1. The van der Waals surface area contributed by atoms with E-state index in [2.05, 4.69) is 5.32 Å². The molecule has 4 heteroatoms. The summed E-state index contributed by atoms with van der Waals surface area (Å²) < 4.78 is 5.67. The average Bonchev–Trinajstić information content (AvgIpc) is 2.63. The third-order valence-electron chi connectivity index (χ3n) is 3.81. The second kappa shape index (κ2) is 8.58. The molecule has 0 aromatic heterocycles. The van der Waals surface area contributed by atoms with Crippen LogP contribution in [0.25, 0.3) is 10.8 Å². The molecule has 0 aliphatic carbocycles. The molecule has 25 heavy (non-hydrogen) atoms. The molecule has 0 radical (unpaired) electrons. The molecule has 1 N–H and O–H groups in total. The van der Waals surface area contributed by atoms with Crippen molar-refractivity contribution >= 4 is 34.1 Å². The highest BCUT2D eigenvalue weighted by molar-refractivity contribution is 7.99. The largest absolute Gasteiger partial charge is 0.493 e. The molecule has 0 bridgehead atoms. The summed E-state index contributed by atoms with van der Waals surface area (Å²) in [5, 5.41) is 5.18. The molecule has 0 saturated heterocycles. The maximum Gasteiger partial charge on any atom is 0.234 e. The number of hydrogen-bond acceptors (Lipinski definition) is 3. The van der Waals surface area contributed by atoms with Crippen molar-refractivity contribution in [1.82, 2.24) is 0 Å². The highest BCUT2D eigenvalue weighted by Gasteiger charge is 2.05. The van der Waals surface area contributed by atoms with Crippen LogP contribution in [0.5, 0.6) is 5.75 Å². The molecule has 128 valence electrons. The number of carbonyl (C=O) groups excluding carboxylic acids is 1. The van der Waals surface area contributed by atoms with Crippen molar-refractivity contribution in [2.75, 3.05) is 23.4 Å². The lowest BCUT2D eigenvalue weighted by Gasteiger charge is -2.09. The first-order valence-corrected chi connectivity index (χ1v) is 9.43. The summed E-state index contributed by atoms with van der Waals surface area (Å²) in [5.41, 5.74) is 2.08. The van der Waals surface area contributed by atoms with Crippen LogP contribution in [0.15, 0.2) is 66.7 Å². The Bertz CT molecular complexity index is 841. The van der Waals surface area contributed by atoms with Gasteiger partial charge in [-0.1, -0.05) is 54.1 Å². The topological polar surface area (TPSA) is 38.3 Å². The van der Waals surface area contributed by atoms with Gasteiger partial charge in [0.05, 0.1) is 12.4 Å². The number of fused-ring (bicyclic) bond motifs is 1. The van der Waals surface area contributed by atoms with Gasteiger partial charge in [-0.3, -0.25) is 4.79 Å². The van der Waals surface area contributed by atoms with Crippen LogP contribution in [0, 0.1) is 6.92 Å². The minimum atomic E-state index is 0.0108. The minimum absolute atomic E-state index is 0.0108. The standard InChI is InChI=1S/C21H21NO2S/c1-16-9-11-18(12-10-16)24-13-14-25-15-21(23)22-20-8-4-6-17-5-2-3-7-19(17)20/h2-12H,13-15H2,1H3,(H,22,23). The zero-order valence-corrected chi connectivity index (χ0v) is 15.0. The van der Waals surface area contributed by atoms with E-state index in [4.69, 9.17) is 4.74 Å². The van der Waals surface area contributed by atoms with Crippen LogP contribution in [-0.4, -0.2) is 24.0 Å². The number of thioether (sulfide) groups is 1. The van der Waals surface area contributed by atoms with Crippen LogP contribution in [0.4, 0.5) is 5.69 Å². The summed E-state index contributed by atoms with van der Waals surface area (Å²) in [6.45, 7) is 2.64. The van der Waals surface area contributed by atoms with E-state index >= 15 is 0 Å². The average molecular weight is 351 g/mol. The third-order valence-corrected chi connectivity index (χ3v) is 4.74. The minimum Gasteiger partial charge on any atom is -0.493 e. The second-order valence-corrected chi connectivity index (χ2v) is 6.89. The van der Waals surface area contributed by atoms with Crippen LogP contribution in [0.3, 0.4) is 0 Å². The molecule has 0 aliphatic heterocycles. The number of nitrogens with one attached hydrogen (secondary N) is 1. The van der Waals surface area contributed by atoms with Gasteiger partial charge < -0.3 is 10.1 Å². The predicted molar refractivity (Wildman–Crippen MR) is 107 cm³/mol. The molecule has 0 atom stereocenters. The summed E-state index contributed by atoms with van der Waals surface area (Å²) in [7, 11) is 0. The molecule has 0 fully saturated rings. The Kier molecular flexibility index (Phi) is 5.96. The Morgan fingerprint density at radius 3 is 2.60 bits per heavy atom. The fourth-order valence-corrected chi connectivity index (χ4v) is 3.14. The molecule has 3 aromatic rings. The fourth-order valence-electron chi connectivity index (χ4n) is 2.54. The van der Waals surface area contributed by atoms with E-state index in [9.17, 15) is 4.79 Å². The molecule has 0 heterocycles. The third kappa shape index (κ3) is 5.00. The molecule has 0 saturated carbocycles. The second-order valence-electron chi connectivity index (χ2n) is 5.79. The zero-order chi connectivity index (χ0) is 17.5. The first-order chi connectivity index (χ1) is 12.2. The van der Waals surface area contributed by atoms with Gasteiger partial charge in [0.15, 0.2) is 0 Å². The summed E-state index contributed by atoms with van der Waals surface area (Å²) in [6, 6.07) is 22.0. The number of ether oxygens (including phenoxy) is 1. The summed E-state index contributed by atoms with van der Waals surface area (Å²) in [5.74, 6) is 2.07. The molecular formula is C21H21NO2S. The molecule has 3 nitrogen and oxygen atoms in total. The predicted octanol–water partition coefficient (Wildman–Crippen LogP) is 4.90. The van der Waals surface area contributed by atoms with Crippen molar-refractivity contribution in [2.45, 2.75) is 6.92 Å². The van der Waals surface area contributed by atoms with Crippen molar-refractivity contribution in [3.63, 3.8) is 0 Å². The van der Waals surface area contributed by atoms with E-state index in [0.29, 0.717) is 12.4 Å². The number of rotatable bonds is 7. The number of amides is 1. The highest BCUT2D eigenvalue weighted by atomic mass is 32.2. The van der Waals surface area contributed by atoms with Crippen molar-refractivity contribution < 1.29 is 9.53 Å². The van der Waals surface area contributed by atoms with E-state index in [1.807, 2.05) is 73.7 Å². The Morgan fingerprint density at radius 1 is 1.00 bits per heavy atom. The van der Waals surface area contributed by atoms with Crippen molar-refractivity contribution in [1.29, 1.82) is 0 Å². The molecule has 0 unspecified atom stereocenters. The monoisotopic (exact) mass is 351 g/mol. The Balaban J connectivity index is 1.43. The first kappa shape index (κ1) is 17.4. The number of aryl methyl sites for hydroxylation is 1. The van der Waals surface area contributed by atoms with Gasteiger partial charge in [-0.25, -0.2) is 0 Å². The van der Waals surface area contributed by atoms with Gasteiger partial charge >= 0.3 is 0 Å². The number of hydrogen-bond donors (Lipinski definition) is 1. The van der Waals surface area contributed by atoms with Crippen molar-refractivity contribution in [3.05, 3.63) is 72.3 Å². The van der Waals surface area contributed by atoms with Gasteiger partial charge in [-0.05, 0) is 30.5 Å². The Hall–Kier alpha value is -2.46. The van der Waals surface area contributed by atoms with Crippen LogP contribution in [-0.2, 0) is 4.79 Å². The van der Waals surface area contributed by atoms with E-state index in [1.54, 1.807) is 11.8 Å². The lowest BCUT2D eigenvalue weighted by atomic mass is 10.1. The van der Waals surface area contributed by atoms with E-state index in [-0.39, 0.29) is 5.91 Å². The lowest BCUT2D eigenvalue weighted by molar-refractivity contribution is -0.113. The molecule has 3 aromatic carbocycles. The smallest absolute Gasteiger partial charge is 0.234 e. The van der Waals surface area contributed by atoms with Crippen molar-refractivity contribution in [3.8, 4) is 5.75 Å². The summed E-state index contributed by atoms with van der Waals surface area (Å²) >= 11 is 1.57. The van der Waals surface area contributed by atoms with Gasteiger partial charge in [0.1, 0.15) is 5.75 Å². The normalized spacial score (nSPS) is 10.6. The van der Waals surface area contributed by atoms with Gasteiger partial charge in [-0.15, -0.1) is 11.8 Å². The maximum atomic E-state index is 12.2. The fraction of sp³-hybridized carbons (Fsp3) is 0.190. The van der Waals surface area contributed by atoms with Gasteiger partial charge in [-0.2, -0.15) is 0 Å². The Labute approximate surface area is 152 Å². The highest BCUT2D eigenvalue weighted by Crippen LogP contribution is 2.23. The number of benzene rings is 3. The molecule has 1 amide bonds. The number of anilines is 1. The number of carbonyl (C=O) groups is 1. The van der Waals surface area contributed by atoms with Crippen LogP contribution < -0.4 is 10.1 Å². The van der Waals surface area contributed by atoms with Crippen LogP contribution >= 0.6 is 11.8 Å². The van der Waals surface area contributed by atoms with Crippen LogP contribution in [0.1, 0.15) is 5.56 Å². The molecular weight excluding hydrogens is 330 g/mol. The summed E-state index contributed by atoms with van der Waals surface area (Å²) in [4.78, 5) is 12.2. The van der Waals surface area contributed by atoms with Crippen molar-refractivity contribution in [2.24, 2.45) is 0 Å². The van der Waals surface area contributed by atoms with E-state index in [1.165, 1.54) is 5.56 Å². The van der Waals surface area contributed by atoms with Gasteiger partial charge in [0.2, 0.25) is 5.91 Å². The van der Waals surface area contributed by atoms with Crippen LogP contribution in [0.2, 0.25) is 0 Å². The Morgan fingerprint density at radius 2 is 1.76 bits per heavy atom. The first-order valence-electron chi connectivity index (χ1n) is 8.27. The van der Waals surface area contributed by atoms with E-state index < -0.39 is 0 Å². The lowest BCUT2D eigenvalue weighted by Crippen LogP contribution is -2.15. The van der Waals surface area contributed by atoms with Gasteiger partial charge in [0, 0.05) is 16.8 Å². The quantitative estimate of drug-likeness (QED) is 0.615. The molecule has 3 rings (SSSR count). The summed E-state index contributed by atoms with van der Waals surface area (Å²) in [6.07, 6.45) is 0. The maximum absolute atomic E-state index is 12.2. The van der Waals surface area contributed by atoms with Gasteiger partial charge in [0.25, 0.3) is 0 Å².